The third-order valence-corrected chi connectivity index (χ3v) is 3.38. The lowest BCUT2D eigenvalue weighted by Gasteiger charge is -2.04. The fourth-order valence-corrected chi connectivity index (χ4v) is 2.15. The third kappa shape index (κ3) is 15.4. The van der Waals surface area contributed by atoms with E-state index in [0.717, 1.165) is 12.8 Å². The maximum Gasteiger partial charge on any atom is 0.307 e. The summed E-state index contributed by atoms with van der Waals surface area (Å²) >= 11 is 0. The molecular formula is C16H32O4. The van der Waals surface area contributed by atoms with E-state index in [1.165, 1.54) is 57.8 Å². The Morgan fingerprint density at radius 1 is 0.850 bits per heavy atom. The molecule has 0 saturated heterocycles. The summed E-state index contributed by atoms with van der Waals surface area (Å²) in [6.07, 6.45) is 14.4. The van der Waals surface area contributed by atoms with Crippen molar-refractivity contribution in [3.8, 4) is 0 Å². The minimum absolute atomic E-state index is 0.145. The number of ether oxygens (including phenoxy) is 2. The Labute approximate surface area is 123 Å². The van der Waals surface area contributed by atoms with Gasteiger partial charge in [-0.1, -0.05) is 71.1 Å². The van der Waals surface area contributed by atoms with E-state index >= 15 is 0 Å². The molecule has 0 saturated carbocycles. The summed E-state index contributed by atoms with van der Waals surface area (Å²) in [4.78, 5) is 11.2. The Bertz CT molecular complexity index is 207. The zero-order valence-electron chi connectivity index (χ0n) is 13.1. The van der Waals surface area contributed by atoms with E-state index in [-0.39, 0.29) is 12.8 Å². The Kier molecular flexibility index (Phi) is 15.9. The predicted octanol–water partition coefficient (Wildman–Crippen LogP) is 4.15. The number of rotatable bonds is 15. The van der Waals surface area contributed by atoms with Gasteiger partial charge in [-0.15, -0.1) is 0 Å². The molecular weight excluding hydrogens is 256 g/mol. The summed E-state index contributed by atoms with van der Waals surface area (Å²) in [5.41, 5.74) is 0. The number of aliphatic hydroxyl groups is 1. The smallest absolute Gasteiger partial charge is 0.307 e. The summed E-state index contributed by atoms with van der Waals surface area (Å²) in [6, 6.07) is 0. The van der Waals surface area contributed by atoms with Gasteiger partial charge in [-0.25, -0.2) is 0 Å². The van der Waals surface area contributed by atoms with Crippen molar-refractivity contribution in [2.75, 3.05) is 13.6 Å². The normalized spacial score (nSPS) is 10.7. The van der Waals surface area contributed by atoms with Crippen LogP contribution in [0.25, 0.3) is 0 Å². The molecule has 0 aromatic heterocycles. The van der Waals surface area contributed by atoms with Crippen molar-refractivity contribution in [3.63, 3.8) is 0 Å². The van der Waals surface area contributed by atoms with Gasteiger partial charge in [0.25, 0.3) is 0 Å². The van der Waals surface area contributed by atoms with Gasteiger partial charge in [0.1, 0.15) is 6.79 Å². The predicted molar refractivity (Wildman–Crippen MR) is 80.2 cm³/mol. The Hall–Kier alpha value is -0.610. The van der Waals surface area contributed by atoms with Crippen molar-refractivity contribution in [3.05, 3.63) is 0 Å². The third-order valence-electron chi connectivity index (χ3n) is 3.38. The standard InChI is InChI=1S/C16H32O4/c1-2-3-4-5-6-7-8-9-10-11-12-13-16(18)20-15-19-14-17/h17H,2-15H2,1H3. The number of hydrogen-bond donors (Lipinski definition) is 1. The molecule has 1 N–H and O–H groups in total. The highest BCUT2D eigenvalue weighted by atomic mass is 16.7. The zero-order chi connectivity index (χ0) is 14.9. The van der Waals surface area contributed by atoms with Crippen molar-refractivity contribution in [1.82, 2.24) is 0 Å². The molecule has 0 unspecified atom stereocenters. The largest absolute Gasteiger partial charge is 0.438 e. The molecule has 0 aliphatic rings. The first-order valence-electron chi connectivity index (χ1n) is 8.15. The number of carbonyl (C=O) groups is 1. The van der Waals surface area contributed by atoms with Crippen LogP contribution in [0.4, 0.5) is 0 Å². The van der Waals surface area contributed by atoms with Crippen molar-refractivity contribution in [2.45, 2.75) is 84.0 Å². The molecule has 0 spiro atoms. The molecule has 0 aliphatic heterocycles. The first-order valence-corrected chi connectivity index (χ1v) is 8.15. The van der Waals surface area contributed by atoms with Crippen LogP contribution in [0.1, 0.15) is 84.0 Å². The quantitative estimate of drug-likeness (QED) is 0.279. The van der Waals surface area contributed by atoms with Gasteiger partial charge in [0.2, 0.25) is 0 Å². The molecule has 20 heavy (non-hydrogen) atoms. The zero-order valence-corrected chi connectivity index (χ0v) is 13.1. The first-order chi connectivity index (χ1) is 9.81. The van der Waals surface area contributed by atoms with Gasteiger partial charge in [0.15, 0.2) is 6.79 Å². The van der Waals surface area contributed by atoms with E-state index in [9.17, 15) is 4.79 Å². The van der Waals surface area contributed by atoms with Gasteiger partial charge in [-0.2, -0.15) is 0 Å². The summed E-state index contributed by atoms with van der Waals surface area (Å²) in [6.45, 7) is 1.69. The van der Waals surface area contributed by atoms with Crippen LogP contribution in [-0.2, 0) is 14.3 Å². The number of aliphatic hydroxyl groups excluding tert-OH is 1. The Morgan fingerprint density at radius 3 is 1.85 bits per heavy atom. The van der Waals surface area contributed by atoms with Crippen LogP contribution in [0.2, 0.25) is 0 Å². The van der Waals surface area contributed by atoms with Gasteiger partial charge in [-0.05, 0) is 6.42 Å². The number of unbranched alkanes of at least 4 members (excludes halogenated alkanes) is 10. The van der Waals surface area contributed by atoms with Crippen LogP contribution in [0.15, 0.2) is 0 Å². The van der Waals surface area contributed by atoms with E-state index in [2.05, 4.69) is 11.7 Å². The molecule has 0 rings (SSSR count). The minimum Gasteiger partial charge on any atom is -0.438 e. The molecule has 0 aliphatic carbocycles. The van der Waals surface area contributed by atoms with Gasteiger partial charge in [0, 0.05) is 6.42 Å². The molecule has 0 aromatic rings. The lowest BCUT2D eigenvalue weighted by molar-refractivity contribution is -0.163. The second-order valence-corrected chi connectivity index (χ2v) is 5.25. The number of hydrogen-bond acceptors (Lipinski definition) is 4. The van der Waals surface area contributed by atoms with E-state index in [0.29, 0.717) is 6.42 Å². The topological polar surface area (TPSA) is 55.8 Å². The summed E-state index contributed by atoms with van der Waals surface area (Å²) in [5.74, 6) is -0.241. The molecule has 120 valence electrons. The molecule has 0 fully saturated rings. The van der Waals surface area contributed by atoms with Crippen molar-refractivity contribution >= 4 is 5.97 Å². The van der Waals surface area contributed by atoms with Crippen LogP contribution in [0, 0.1) is 0 Å². The van der Waals surface area contributed by atoms with E-state index in [1.54, 1.807) is 0 Å². The van der Waals surface area contributed by atoms with Crippen LogP contribution in [0.5, 0.6) is 0 Å². The second kappa shape index (κ2) is 16.4. The lowest BCUT2D eigenvalue weighted by Crippen LogP contribution is -2.08. The average molecular weight is 288 g/mol. The van der Waals surface area contributed by atoms with Gasteiger partial charge in [-0.3, -0.25) is 4.79 Å². The van der Waals surface area contributed by atoms with E-state index in [4.69, 9.17) is 9.84 Å². The molecule has 0 aromatic carbocycles. The summed E-state index contributed by atoms with van der Waals surface area (Å²) < 4.78 is 9.28. The van der Waals surface area contributed by atoms with Crippen LogP contribution in [0.3, 0.4) is 0 Å². The van der Waals surface area contributed by atoms with Crippen LogP contribution in [-0.4, -0.2) is 24.7 Å². The van der Waals surface area contributed by atoms with Crippen molar-refractivity contribution < 1.29 is 19.4 Å². The second-order valence-electron chi connectivity index (χ2n) is 5.25. The van der Waals surface area contributed by atoms with E-state index < -0.39 is 6.79 Å². The van der Waals surface area contributed by atoms with E-state index in [1.807, 2.05) is 0 Å². The molecule has 0 atom stereocenters. The average Bonchev–Trinajstić information content (AvgIpc) is 2.45. The number of esters is 1. The highest BCUT2D eigenvalue weighted by molar-refractivity contribution is 5.69. The molecule has 4 nitrogen and oxygen atoms in total. The lowest BCUT2D eigenvalue weighted by atomic mass is 10.1. The fraction of sp³-hybridized carbons (Fsp3) is 0.938. The fourth-order valence-electron chi connectivity index (χ4n) is 2.15. The molecule has 0 bridgehead atoms. The van der Waals surface area contributed by atoms with Gasteiger partial charge < -0.3 is 14.6 Å². The molecule has 0 radical (unpaired) electrons. The van der Waals surface area contributed by atoms with Gasteiger partial charge in [0.05, 0.1) is 0 Å². The monoisotopic (exact) mass is 288 g/mol. The maximum absolute atomic E-state index is 11.2. The summed E-state index contributed by atoms with van der Waals surface area (Å²) in [5, 5.41) is 8.34. The Morgan fingerprint density at radius 2 is 1.35 bits per heavy atom. The molecule has 4 heteroatoms. The molecule has 0 heterocycles. The molecule has 0 amide bonds. The van der Waals surface area contributed by atoms with Crippen molar-refractivity contribution in [2.24, 2.45) is 0 Å². The first kappa shape index (κ1) is 19.4. The maximum atomic E-state index is 11.2. The van der Waals surface area contributed by atoms with Crippen LogP contribution < -0.4 is 0 Å². The van der Waals surface area contributed by atoms with Crippen molar-refractivity contribution in [1.29, 1.82) is 0 Å². The number of carbonyl (C=O) groups excluding carboxylic acids is 1. The minimum atomic E-state index is -0.411. The SMILES string of the molecule is CCCCCCCCCCCCCC(=O)OCOCO. The van der Waals surface area contributed by atoms with Crippen LogP contribution >= 0.6 is 0 Å². The Balaban J connectivity index is 3.07. The van der Waals surface area contributed by atoms with Gasteiger partial charge >= 0.3 is 5.97 Å². The summed E-state index contributed by atoms with van der Waals surface area (Å²) in [7, 11) is 0. The highest BCUT2D eigenvalue weighted by Crippen LogP contribution is 2.12. The highest BCUT2D eigenvalue weighted by Gasteiger charge is 2.02.